The molecule has 31 heavy (non-hydrogen) atoms. The lowest BCUT2D eigenvalue weighted by Crippen LogP contribution is -2.50. The second kappa shape index (κ2) is 9.18. The van der Waals surface area contributed by atoms with Crippen molar-refractivity contribution < 1.29 is 14.3 Å². The Labute approximate surface area is 182 Å². The number of amides is 1. The first-order valence-corrected chi connectivity index (χ1v) is 10.5. The van der Waals surface area contributed by atoms with Crippen molar-refractivity contribution in [3.05, 3.63) is 83.7 Å². The Hall–Kier alpha value is -3.38. The summed E-state index contributed by atoms with van der Waals surface area (Å²) in [4.78, 5) is 29.2. The van der Waals surface area contributed by atoms with E-state index in [9.17, 15) is 9.59 Å². The minimum Gasteiger partial charge on any atom is -0.410 e. The molecule has 0 atom stereocenters. The fraction of sp³-hybridized carbons (Fsp3) is 0.280. The second-order valence-electron chi connectivity index (χ2n) is 7.82. The van der Waals surface area contributed by atoms with Gasteiger partial charge in [-0.1, -0.05) is 36.4 Å². The van der Waals surface area contributed by atoms with Crippen LogP contribution in [0.1, 0.15) is 21.7 Å². The van der Waals surface area contributed by atoms with Crippen LogP contribution in [0.3, 0.4) is 0 Å². The van der Waals surface area contributed by atoms with E-state index >= 15 is 0 Å². The summed E-state index contributed by atoms with van der Waals surface area (Å²) in [6.45, 7) is 6.74. The highest BCUT2D eigenvalue weighted by Gasteiger charge is 2.25. The third kappa shape index (κ3) is 4.70. The molecule has 2 heterocycles. The van der Waals surface area contributed by atoms with Crippen LogP contribution in [0, 0.1) is 13.8 Å². The van der Waals surface area contributed by atoms with E-state index < -0.39 is 0 Å². The zero-order valence-electron chi connectivity index (χ0n) is 18.0. The van der Waals surface area contributed by atoms with E-state index in [0.717, 1.165) is 22.6 Å². The molecule has 1 fully saturated rings. The summed E-state index contributed by atoms with van der Waals surface area (Å²) in [5.41, 5.74) is 3.81. The molecule has 4 rings (SSSR count). The molecule has 1 saturated heterocycles. The number of hydrogen-bond acceptors (Lipinski definition) is 4. The predicted octanol–water partition coefficient (Wildman–Crippen LogP) is 4.09. The first-order valence-electron chi connectivity index (χ1n) is 10.5. The largest absolute Gasteiger partial charge is 0.415 e. The monoisotopic (exact) mass is 417 g/mol. The summed E-state index contributed by atoms with van der Waals surface area (Å²) >= 11 is 0. The molecular weight excluding hydrogens is 390 g/mol. The van der Waals surface area contributed by atoms with E-state index in [2.05, 4.69) is 9.47 Å². The fourth-order valence-corrected chi connectivity index (χ4v) is 4.05. The predicted molar refractivity (Wildman–Crippen MR) is 120 cm³/mol. The van der Waals surface area contributed by atoms with Gasteiger partial charge >= 0.3 is 6.09 Å². The smallest absolute Gasteiger partial charge is 0.410 e. The molecule has 0 spiro atoms. The zero-order valence-corrected chi connectivity index (χ0v) is 18.0. The number of carbonyl (C=O) groups excluding carboxylic acids is 2. The third-order valence-electron chi connectivity index (χ3n) is 5.69. The molecule has 2 aromatic carbocycles. The number of para-hydroxylation sites is 2. The summed E-state index contributed by atoms with van der Waals surface area (Å²) in [7, 11) is 0. The van der Waals surface area contributed by atoms with E-state index in [0.29, 0.717) is 38.5 Å². The van der Waals surface area contributed by atoms with E-state index in [1.807, 2.05) is 68.4 Å². The van der Waals surface area contributed by atoms with Crippen molar-refractivity contribution in [2.24, 2.45) is 0 Å². The van der Waals surface area contributed by atoms with Gasteiger partial charge in [0.15, 0.2) is 5.78 Å². The topological polar surface area (TPSA) is 54.8 Å². The Morgan fingerprint density at radius 3 is 2.13 bits per heavy atom. The lowest BCUT2D eigenvalue weighted by molar-refractivity contribution is 0.0845. The highest BCUT2D eigenvalue weighted by atomic mass is 16.6. The van der Waals surface area contributed by atoms with Gasteiger partial charge in [-0.25, -0.2) is 4.79 Å². The van der Waals surface area contributed by atoms with Gasteiger partial charge in [0.25, 0.3) is 0 Å². The number of piperazine rings is 1. The molecule has 160 valence electrons. The first-order chi connectivity index (χ1) is 15.0. The summed E-state index contributed by atoms with van der Waals surface area (Å²) in [5.74, 6) is 0.648. The van der Waals surface area contributed by atoms with Crippen LogP contribution in [0.2, 0.25) is 0 Å². The molecule has 0 unspecified atom stereocenters. The highest BCUT2D eigenvalue weighted by Crippen LogP contribution is 2.21. The Morgan fingerprint density at radius 2 is 1.48 bits per heavy atom. The number of aryl methyl sites for hydroxylation is 1. The van der Waals surface area contributed by atoms with Gasteiger partial charge in [0.2, 0.25) is 0 Å². The highest BCUT2D eigenvalue weighted by molar-refractivity contribution is 5.99. The average Bonchev–Trinajstić information content (AvgIpc) is 3.09. The van der Waals surface area contributed by atoms with Crippen LogP contribution < -0.4 is 4.74 Å². The van der Waals surface area contributed by atoms with Gasteiger partial charge in [-0.3, -0.25) is 9.69 Å². The molecule has 1 aliphatic rings. The number of nitrogens with zero attached hydrogens (tertiary/aromatic N) is 3. The molecule has 6 heteroatoms. The van der Waals surface area contributed by atoms with Crippen molar-refractivity contribution in [1.29, 1.82) is 0 Å². The zero-order chi connectivity index (χ0) is 21.8. The van der Waals surface area contributed by atoms with Crippen molar-refractivity contribution in [3.8, 4) is 11.4 Å². The molecule has 1 aliphatic heterocycles. The van der Waals surface area contributed by atoms with Crippen LogP contribution in [0.15, 0.2) is 66.7 Å². The number of carbonyl (C=O) groups is 2. The van der Waals surface area contributed by atoms with E-state index in [4.69, 9.17) is 4.74 Å². The number of ketones is 1. The Bertz CT molecular complexity index is 1050. The van der Waals surface area contributed by atoms with Gasteiger partial charge < -0.3 is 14.2 Å². The second-order valence-corrected chi connectivity index (χ2v) is 7.82. The molecule has 0 aliphatic carbocycles. The van der Waals surface area contributed by atoms with Crippen molar-refractivity contribution in [1.82, 2.24) is 14.4 Å². The van der Waals surface area contributed by atoms with Gasteiger partial charge in [0.05, 0.1) is 6.54 Å². The van der Waals surface area contributed by atoms with Gasteiger partial charge in [-0.15, -0.1) is 0 Å². The van der Waals surface area contributed by atoms with Crippen LogP contribution >= 0.6 is 0 Å². The lowest BCUT2D eigenvalue weighted by atomic mass is 10.1. The van der Waals surface area contributed by atoms with Gasteiger partial charge in [0.1, 0.15) is 5.75 Å². The summed E-state index contributed by atoms with van der Waals surface area (Å²) in [6.07, 6.45) is -0.344. The van der Waals surface area contributed by atoms with Crippen LogP contribution in [0.5, 0.6) is 5.75 Å². The third-order valence-corrected chi connectivity index (χ3v) is 5.69. The number of benzene rings is 2. The Morgan fingerprint density at radius 1 is 0.871 bits per heavy atom. The molecule has 1 amide bonds. The standard InChI is InChI=1S/C25H27N3O3/c1-19-17-23(20(2)28(19)21-9-5-3-6-10-21)24(29)18-26-13-15-27(16-14-26)25(30)31-22-11-7-4-8-12-22/h3-12,17H,13-16,18H2,1-2H3. The molecule has 0 saturated carbocycles. The summed E-state index contributed by atoms with van der Waals surface area (Å²) in [6, 6.07) is 21.1. The van der Waals surface area contributed by atoms with E-state index in [1.54, 1.807) is 17.0 Å². The quantitative estimate of drug-likeness (QED) is 0.587. The number of aromatic nitrogens is 1. The normalized spacial score (nSPS) is 14.5. The van der Waals surface area contributed by atoms with Crippen LogP contribution in [-0.2, 0) is 0 Å². The van der Waals surface area contributed by atoms with Gasteiger partial charge in [0, 0.05) is 48.8 Å². The maximum Gasteiger partial charge on any atom is 0.415 e. The van der Waals surface area contributed by atoms with Gasteiger partial charge in [-0.2, -0.15) is 0 Å². The maximum atomic E-state index is 13.0. The minimum absolute atomic E-state index is 0.107. The summed E-state index contributed by atoms with van der Waals surface area (Å²) < 4.78 is 7.53. The van der Waals surface area contributed by atoms with Crippen molar-refractivity contribution in [2.45, 2.75) is 13.8 Å². The van der Waals surface area contributed by atoms with Crippen molar-refractivity contribution >= 4 is 11.9 Å². The minimum atomic E-state index is -0.344. The van der Waals surface area contributed by atoms with E-state index in [-0.39, 0.29) is 11.9 Å². The molecule has 0 bridgehead atoms. The average molecular weight is 418 g/mol. The first kappa shape index (κ1) is 20.9. The van der Waals surface area contributed by atoms with Crippen LogP contribution in [0.25, 0.3) is 5.69 Å². The number of ether oxygens (including phenoxy) is 1. The van der Waals surface area contributed by atoms with Crippen molar-refractivity contribution in [3.63, 3.8) is 0 Å². The van der Waals surface area contributed by atoms with Crippen LogP contribution in [-0.4, -0.2) is 59.0 Å². The SMILES string of the molecule is Cc1cc(C(=O)CN2CCN(C(=O)Oc3ccccc3)CC2)c(C)n1-c1ccccc1. The van der Waals surface area contributed by atoms with Crippen LogP contribution in [0.4, 0.5) is 4.79 Å². The fourth-order valence-electron chi connectivity index (χ4n) is 4.05. The summed E-state index contributed by atoms with van der Waals surface area (Å²) in [5, 5.41) is 0. The Balaban J connectivity index is 1.35. The number of Topliss-reactive ketones (excluding diaryl/α,β-unsaturated/α-hetero) is 1. The molecule has 1 aromatic heterocycles. The van der Waals surface area contributed by atoms with Gasteiger partial charge in [-0.05, 0) is 44.2 Å². The number of hydrogen-bond donors (Lipinski definition) is 0. The Kier molecular flexibility index (Phi) is 6.18. The molecule has 0 radical (unpaired) electrons. The molecule has 6 nitrogen and oxygen atoms in total. The number of rotatable bonds is 5. The van der Waals surface area contributed by atoms with E-state index in [1.165, 1.54) is 0 Å². The molecular formula is C25H27N3O3. The van der Waals surface area contributed by atoms with Crippen molar-refractivity contribution in [2.75, 3.05) is 32.7 Å². The molecule has 3 aromatic rings. The molecule has 0 N–H and O–H groups in total. The maximum absolute atomic E-state index is 13.0. The lowest BCUT2D eigenvalue weighted by Gasteiger charge is -2.33.